The second-order valence-corrected chi connectivity index (χ2v) is 7.40. The molecule has 0 radical (unpaired) electrons. The molecule has 0 spiro atoms. The van der Waals surface area contributed by atoms with Gasteiger partial charge < -0.3 is 0 Å². The summed E-state index contributed by atoms with van der Waals surface area (Å²) in [6, 6.07) is 20.9. The molecule has 1 N–H and O–H groups in total. The second kappa shape index (κ2) is 8.28. The van der Waals surface area contributed by atoms with Gasteiger partial charge in [0.15, 0.2) is 0 Å². The summed E-state index contributed by atoms with van der Waals surface area (Å²) in [5.74, 6) is -0.275. The van der Waals surface area contributed by atoms with E-state index in [-0.39, 0.29) is 11.8 Å². The minimum absolute atomic E-state index is 0.125. The zero-order chi connectivity index (χ0) is 18.4. The molecule has 0 saturated carbocycles. The number of benzene rings is 2. The van der Waals surface area contributed by atoms with Gasteiger partial charge in [0.05, 0.1) is 5.41 Å². The number of hydrogen-bond acceptors (Lipinski definition) is 3. The van der Waals surface area contributed by atoms with E-state index >= 15 is 0 Å². The van der Waals surface area contributed by atoms with Crippen LogP contribution >= 0.6 is 0 Å². The lowest BCUT2D eigenvalue weighted by atomic mass is 9.84. The lowest BCUT2D eigenvalue weighted by molar-refractivity contribution is -0.128. The Balaban J connectivity index is 1.61. The SMILES string of the molecule is CC1(CCCN(Cc2ccccc2)Cc2ccccc2)CC(=O)NC1=O. The zero-order valence-electron chi connectivity index (χ0n) is 15.3. The normalized spacial score (nSPS) is 19.8. The van der Waals surface area contributed by atoms with Gasteiger partial charge in [0, 0.05) is 19.5 Å². The minimum Gasteiger partial charge on any atom is -0.296 e. The van der Waals surface area contributed by atoms with Crippen molar-refractivity contribution in [3.8, 4) is 0 Å². The highest BCUT2D eigenvalue weighted by Gasteiger charge is 2.41. The molecule has 4 heteroatoms. The summed E-state index contributed by atoms with van der Waals surface area (Å²) in [5.41, 5.74) is 2.01. The molecule has 1 heterocycles. The summed E-state index contributed by atoms with van der Waals surface area (Å²) in [4.78, 5) is 25.9. The average Bonchev–Trinajstić information content (AvgIpc) is 2.88. The molecular formula is C22H26N2O2. The highest BCUT2D eigenvalue weighted by atomic mass is 16.2. The van der Waals surface area contributed by atoms with Gasteiger partial charge in [-0.2, -0.15) is 0 Å². The van der Waals surface area contributed by atoms with Crippen LogP contribution in [0.4, 0.5) is 0 Å². The van der Waals surface area contributed by atoms with Crippen molar-refractivity contribution in [1.29, 1.82) is 0 Å². The Morgan fingerprint density at radius 3 is 1.92 bits per heavy atom. The summed E-state index contributed by atoms with van der Waals surface area (Å²) in [6.07, 6.45) is 1.92. The standard InChI is InChI=1S/C22H26N2O2/c1-22(15-20(25)23-21(22)26)13-8-14-24(16-18-9-4-2-5-10-18)17-19-11-6-3-7-12-19/h2-7,9-12H,8,13-17H2,1H3,(H,23,25,26). The van der Waals surface area contributed by atoms with Crippen molar-refractivity contribution in [1.82, 2.24) is 10.2 Å². The Morgan fingerprint density at radius 1 is 0.923 bits per heavy atom. The van der Waals surface area contributed by atoms with Crippen LogP contribution in [0.2, 0.25) is 0 Å². The fraction of sp³-hybridized carbons (Fsp3) is 0.364. The molecule has 1 fully saturated rings. The topological polar surface area (TPSA) is 49.4 Å². The van der Waals surface area contributed by atoms with Gasteiger partial charge in [0.2, 0.25) is 11.8 Å². The van der Waals surface area contributed by atoms with E-state index in [4.69, 9.17) is 0 Å². The van der Waals surface area contributed by atoms with Gasteiger partial charge >= 0.3 is 0 Å². The van der Waals surface area contributed by atoms with E-state index in [2.05, 4.69) is 58.7 Å². The first kappa shape index (κ1) is 18.3. The van der Waals surface area contributed by atoms with Crippen LogP contribution in [0.15, 0.2) is 60.7 Å². The average molecular weight is 350 g/mol. The van der Waals surface area contributed by atoms with Crippen molar-refractivity contribution in [2.24, 2.45) is 5.41 Å². The van der Waals surface area contributed by atoms with E-state index in [1.165, 1.54) is 11.1 Å². The monoisotopic (exact) mass is 350 g/mol. The molecule has 2 aromatic carbocycles. The molecule has 2 aromatic rings. The number of nitrogens with one attached hydrogen (secondary N) is 1. The number of imide groups is 1. The summed E-state index contributed by atoms with van der Waals surface area (Å²) < 4.78 is 0. The van der Waals surface area contributed by atoms with Gasteiger partial charge in [0.1, 0.15) is 0 Å². The molecule has 136 valence electrons. The smallest absolute Gasteiger partial charge is 0.233 e. The first-order valence-electron chi connectivity index (χ1n) is 9.20. The predicted molar refractivity (Wildman–Crippen MR) is 102 cm³/mol. The number of rotatable bonds is 8. The van der Waals surface area contributed by atoms with Crippen LogP contribution in [0.5, 0.6) is 0 Å². The third-order valence-electron chi connectivity index (χ3n) is 5.05. The zero-order valence-corrected chi connectivity index (χ0v) is 15.3. The molecule has 0 aromatic heterocycles. The van der Waals surface area contributed by atoms with Crippen LogP contribution in [0.3, 0.4) is 0 Å². The Bertz CT molecular complexity index is 704. The molecular weight excluding hydrogens is 324 g/mol. The summed E-state index contributed by atoms with van der Waals surface area (Å²) in [5, 5.41) is 2.43. The fourth-order valence-corrected chi connectivity index (χ4v) is 3.55. The summed E-state index contributed by atoms with van der Waals surface area (Å²) in [6.45, 7) is 4.53. The van der Waals surface area contributed by atoms with E-state index in [0.717, 1.165) is 32.5 Å². The van der Waals surface area contributed by atoms with E-state index in [1.54, 1.807) is 0 Å². The maximum atomic E-state index is 12.0. The molecule has 4 nitrogen and oxygen atoms in total. The van der Waals surface area contributed by atoms with E-state index in [0.29, 0.717) is 6.42 Å². The van der Waals surface area contributed by atoms with Crippen molar-refractivity contribution in [2.75, 3.05) is 6.54 Å². The number of hydrogen-bond donors (Lipinski definition) is 1. The fourth-order valence-electron chi connectivity index (χ4n) is 3.55. The van der Waals surface area contributed by atoms with E-state index in [1.807, 2.05) is 19.1 Å². The molecule has 0 bridgehead atoms. The maximum Gasteiger partial charge on any atom is 0.233 e. The van der Waals surface area contributed by atoms with E-state index in [9.17, 15) is 9.59 Å². The minimum atomic E-state index is -0.553. The van der Waals surface area contributed by atoms with Crippen molar-refractivity contribution < 1.29 is 9.59 Å². The van der Waals surface area contributed by atoms with Gasteiger partial charge in [0.25, 0.3) is 0 Å². The lowest BCUT2D eigenvalue weighted by Crippen LogP contribution is -2.30. The van der Waals surface area contributed by atoms with Gasteiger partial charge in [-0.1, -0.05) is 67.6 Å². The van der Waals surface area contributed by atoms with Crippen LogP contribution in [0.1, 0.15) is 37.3 Å². The van der Waals surface area contributed by atoms with Crippen LogP contribution in [-0.4, -0.2) is 23.3 Å². The van der Waals surface area contributed by atoms with Crippen molar-refractivity contribution >= 4 is 11.8 Å². The Labute approximate surface area is 155 Å². The number of amides is 2. The predicted octanol–water partition coefficient (Wildman–Crippen LogP) is 3.52. The molecule has 1 atom stereocenters. The van der Waals surface area contributed by atoms with Crippen LogP contribution in [0, 0.1) is 5.41 Å². The highest BCUT2D eigenvalue weighted by Crippen LogP contribution is 2.32. The van der Waals surface area contributed by atoms with Crippen LogP contribution < -0.4 is 5.32 Å². The molecule has 1 aliphatic heterocycles. The third kappa shape index (κ3) is 4.79. The molecule has 0 aliphatic carbocycles. The molecule has 3 rings (SSSR count). The van der Waals surface area contributed by atoms with Gasteiger partial charge in [-0.05, 0) is 30.5 Å². The first-order valence-corrected chi connectivity index (χ1v) is 9.20. The Kier molecular flexibility index (Phi) is 5.84. The third-order valence-corrected chi connectivity index (χ3v) is 5.05. The Hall–Kier alpha value is -2.46. The van der Waals surface area contributed by atoms with Crippen molar-refractivity contribution in [3.63, 3.8) is 0 Å². The van der Waals surface area contributed by atoms with Crippen molar-refractivity contribution in [2.45, 2.75) is 39.3 Å². The first-order chi connectivity index (χ1) is 12.5. The molecule has 26 heavy (non-hydrogen) atoms. The largest absolute Gasteiger partial charge is 0.296 e. The van der Waals surface area contributed by atoms with Crippen LogP contribution in [-0.2, 0) is 22.7 Å². The highest BCUT2D eigenvalue weighted by molar-refractivity contribution is 6.05. The molecule has 1 unspecified atom stereocenters. The summed E-state index contributed by atoms with van der Waals surface area (Å²) in [7, 11) is 0. The van der Waals surface area contributed by atoms with Crippen molar-refractivity contribution in [3.05, 3.63) is 71.8 Å². The molecule has 1 saturated heterocycles. The quantitative estimate of drug-likeness (QED) is 0.741. The number of carbonyl (C=O) groups is 2. The Morgan fingerprint density at radius 2 is 1.46 bits per heavy atom. The lowest BCUT2D eigenvalue weighted by Gasteiger charge is -2.25. The van der Waals surface area contributed by atoms with Gasteiger partial charge in [-0.25, -0.2) is 0 Å². The second-order valence-electron chi connectivity index (χ2n) is 7.40. The van der Waals surface area contributed by atoms with E-state index < -0.39 is 5.41 Å². The van der Waals surface area contributed by atoms with Gasteiger partial charge in [-0.15, -0.1) is 0 Å². The summed E-state index contributed by atoms with van der Waals surface area (Å²) >= 11 is 0. The molecule has 2 amide bonds. The van der Waals surface area contributed by atoms with Gasteiger partial charge in [-0.3, -0.25) is 19.8 Å². The number of nitrogens with zero attached hydrogens (tertiary/aromatic N) is 1. The number of carbonyl (C=O) groups excluding carboxylic acids is 2. The van der Waals surface area contributed by atoms with Crippen LogP contribution in [0.25, 0.3) is 0 Å². The molecule has 1 aliphatic rings. The maximum absolute atomic E-state index is 12.0.